The van der Waals surface area contributed by atoms with Gasteiger partial charge in [-0.2, -0.15) is 30.1 Å². The Kier molecular flexibility index (Phi) is 7.15. The van der Waals surface area contributed by atoms with Crippen LogP contribution in [0.5, 0.6) is 0 Å². The second-order valence-electron chi connectivity index (χ2n) is 4.00. The zero-order chi connectivity index (χ0) is 18.7. The van der Waals surface area contributed by atoms with Crippen molar-refractivity contribution >= 4 is 35.8 Å². The van der Waals surface area contributed by atoms with Gasteiger partial charge >= 0.3 is 9.67 Å². The third-order valence-electron chi connectivity index (χ3n) is 2.17. The summed E-state index contributed by atoms with van der Waals surface area (Å²) in [6.07, 6.45) is 0. The molecule has 0 spiro atoms. The van der Waals surface area contributed by atoms with E-state index in [0.717, 1.165) is 3.95 Å². The number of nitrogens with zero attached hydrogens (tertiary/aromatic N) is 1. The fourth-order valence-electron chi connectivity index (χ4n) is 1.16. The smallest absolute Gasteiger partial charge is 0.485 e. The van der Waals surface area contributed by atoms with E-state index in [9.17, 15) is 26.2 Å². The van der Waals surface area contributed by atoms with Crippen LogP contribution in [0.15, 0.2) is 35.2 Å². The maximum absolute atomic E-state index is 13.3. The van der Waals surface area contributed by atoms with Crippen LogP contribution in [0.1, 0.15) is 0 Å². The number of benzene rings is 1. The molecule has 0 heterocycles. The molecule has 1 aromatic rings. The number of hydrogen-bond donors (Lipinski definition) is 0. The first-order valence-corrected chi connectivity index (χ1v) is 9.12. The fraction of sp³-hybridized carbons (Fsp3) is 0.400. The van der Waals surface area contributed by atoms with Crippen molar-refractivity contribution in [2.45, 2.75) is 14.6 Å². The van der Waals surface area contributed by atoms with Gasteiger partial charge in [-0.1, -0.05) is 18.2 Å². The summed E-state index contributed by atoms with van der Waals surface area (Å²) in [7, 11) is -6.94. The molecular weight excluding hydrogens is 437 g/mol. The Morgan fingerprint density at radius 1 is 1.00 bits per heavy atom. The van der Waals surface area contributed by atoms with Gasteiger partial charge in [0.2, 0.25) is 0 Å². The van der Waals surface area contributed by atoms with Crippen molar-refractivity contribution in [1.82, 2.24) is 0 Å². The van der Waals surface area contributed by atoms with Crippen molar-refractivity contribution in [3.8, 4) is 0 Å². The Morgan fingerprint density at radius 3 is 1.57 bits per heavy atom. The van der Waals surface area contributed by atoms with E-state index in [4.69, 9.17) is 13.0 Å². The second kappa shape index (κ2) is 7.40. The molecule has 0 radical (unpaired) electrons. The highest BCUT2D eigenvalue weighted by Crippen LogP contribution is 2.35. The summed E-state index contributed by atoms with van der Waals surface area (Å²) in [6.45, 7) is 0. The molecule has 13 heteroatoms. The van der Waals surface area contributed by atoms with Crippen LogP contribution in [0.4, 0.5) is 22.0 Å². The van der Waals surface area contributed by atoms with Gasteiger partial charge in [-0.3, -0.25) is 0 Å². The molecule has 0 aliphatic rings. The van der Waals surface area contributed by atoms with Crippen molar-refractivity contribution in [3.63, 3.8) is 0 Å². The van der Waals surface area contributed by atoms with Gasteiger partial charge in [-0.05, 0) is 12.1 Å². The van der Waals surface area contributed by atoms with E-state index < -0.39 is 29.5 Å². The number of rotatable bonds is 2. The molecule has 0 aliphatic heterocycles. The Hall–Kier alpha value is -0.790. The first-order valence-electron chi connectivity index (χ1n) is 5.40. The fourth-order valence-corrected chi connectivity index (χ4v) is 4.21. The van der Waals surface area contributed by atoms with E-state index in [-0.39, 0.29) is 4.90 Å². The molecule has 0 N–H and O–H groups in total. The molecular formula is C10H11BrF5NO4S2. The molecule has 0 saturated carbocycles. The van der Waals surface area contributed by atoms with Crippen molar-refractivity contribution in [3.05, 3.63) is 30.3 Å². The molecule has 0 amide bonds. The van der Waals surface area contributed by atoms with E-state index in [0.29, 0.717) is 0 Å². The minimum atomic E-state index is -6.09. The van der Waals surface area contributed by atoms with Gasteiger partial charge in [-0.25, -0.2) is 8.42 Å². The lowest BCUT2D eigenvalue weighted by Gasteiger charge is -2.13. The minimum absolute atomic E-state index is 0.108. The van der Waals surface area contributed by atoms with Crippen molar-refractivity contribution in [1.29, 1.82) is 0 Å². The van der Waals surface area contributed by atoms with Gasteiger partial charge in [0, 0.05) is 15.9 Å². The monoisotopic (exact) mass is 447 g/mol. The number of alkyl halides is 6. The van der Waals surface area contributed by atoms with Gasteiger partial charge in [0.05, 0.1) is 4.90 Å². The molecule has 0 fully saturated rings. The molecule has 0 bridgehead atoms. The lowest BCUT2D eigenvalue weighted by Crippen LogP contribution is -2.28. The molecule has 0 saturated heterocycles. The first-order chi connectivity index (χ1) is 10.0. The summed E-state index contributed by atoms with van der Waals surface area (Å²) in [5.41, 5.74) is -5.65. The first kappa shape index (κ1) is 22.2. The van der Waals surface area contributed by atoms with E-state index >= 15 is 0 Å². The molecule has 1 atom stereocenters. The SMILES string of the molecule is C[N+](C)=S(=O)(c1ccccc1)C(F)(F)Br.O=S(=O)([O-])C(F)(F)F. The predicted octanol–water partition coefficient (Wildman–Crippen LogP) is 2.78. The van der Waals surface area contributed by atoms with Crippen LogP contribution < -0.4 is 0 Å². The summed E-state index contributed by atoms with van der Waals surface area (Å²) in [5, 5.41) is 0. The van der Waals surface area contributed by atoms with Gasteiger partial charge in [-0.15, -0.1) is 0 Å². The van der Waals surface area contributed by atoms with Crippen molar-refractivity contribution in [2.75, 3.05) is 14.1 Å². The molecule has 1 rings (SSSR count). The highest BCUT2D eigenvalue weighted by Gasteiger charge is 2.46. The summed E-state index contributed by atoms with van der Waals surface area (Å²) < 4.78 is 95.3. The Labute approximate surface area is 138 Å². The van der Waals surface area contributed by atoms with Gasteiger partial charge in [0.25, 0.3) is 9.73 Å². The molecule has 5 nitrogen and oxygen atoms in total. The zero-order valence-electron chi connectivity index (χ0n) is 11.6. The summed E-state index contributed by atoms with van der Waals surface area (Å²) in [5.74, 6) is 0. The lowest BCUT2D eigenvalue weighted by atomic mass is 10.4. The molecule has 1 unspecified atom stereocenters. The maximum Gasteiger partial charge on any atom is 0.485 e. The van der Waals surface area contributed by atoms with E-state index in [1.54, 1.807) is 18.2 Å². The molecule has 1 aromatic carbocycles. The topological polar surface area (TPSA) is 77.3 Å². The van der Waals surface area contributed by atoms with Crippen molar-refractivity contribution < 1.29 is 43.1 Å². The second-order valence-corrected chi connectivity index (χ2v) is 9.65. The van der Waals surface area contributed by atoms with E-state index in [1.165, 1.54) is 26.2 Å². The minimum Gasteiger partial charge on any atom is -0.741 e. The van der Waals surface area contributed by atoms with Gasteiger partial charge in [0.1, 0.15) is 14.1 Å². The molecule has 23 heavy (non-hydrogen) atoms. The van der Waals surface area contributed by atoms with Crippen LogP contribution in [0.25, 0.3) is 0 Å². The van der Waals surface area contributed by atoms with Crippen LogP contribution in [0, 0.1) is 0 Å². The average Bonchev–Trinajstić information content (AvgIpc) is 2.35. The van der Waals surface area contributed by atoms with Gasteiger partial charge < -0.3 is 4.55 Å². The Balaban J connectivity index is 0.000000515. The highest BCUT2D eigenvalue weighted by molar-refractivity contribution is 9.11. The summed E-state index contributed by atoms with van der Waals surface area (Å²) in [4.78, 5) is 0.108. The average molecular weight is 448 g/mol. The van der Waals surface area contributed by atoms with Crippen molar-refractivity contribution in [2.24, 2.45) is 0 Å². The number of halogens is 6. The molecule has 0 aromatic heterocycles. The van der Waals surface area contributed by atoms with E-state index in [1.807, 2.05) is 0 Å². The normalized spacial score (nSPS) is 15.2. The zero-order valence-corrected chi connectivity index (χ0v) is 14.8. The number of hydrogen-bond acceptors (Lipinski definition) is 4. The lowest BCUT2D eigenvalue weighted by molar-refractivity contribution is -0.442. The highest BCUT2D eigenvalue weighted by atomic mass is 79.9. The van der Waals surface area contributed by atoms with Gasteiger partial charge in [0.15, 0.2) is 10.1 Å². The largest absolute Gasteiger partial charge is 0.741 e. The third-order valence-corrected chi connectivity index (χ3v) is 6.62. The Bertz CT molecular complexity index is 746. The summed E-state index contributed by atoms with van der Waals surface area (Å²) >= 11 is 2.19. The van der Waals surface area contributed by atoms with E-state index in [2.05, 4.69) is 15.9 Å². The maximum atomic E-state index is 13.3. The quantitative estimate of drug-likeness (QED) is 0.229. The molecule has 0 aliphatic carbocycles. The van der Waals surface area contributed by atoms with Crippen LogP contribution in [0.3, 0.4) is 0 Å². The van der Waals surface area contributed by atoms with Crippen LogP contribution >= 0.6 is 15.9 Å². The Morgan fingerprint density at radius 2 is 1.35 bits per heavy atom. The third kappa shape index (κ3) is 5.65. The van der Waals surface area contributed by atoms with Crippen LogP contribution in [-0.2, 0) is 19.8 Å². The van der Waals surface area contributed by atoms with Crippen LogP contribution in [0.2, 0.25) is 0 Å². The van der Waals surface area contributed by atoms with Crippen LogP contribution in [-0.4, -0.2) is 44.9 Å². The standard InChI is InChI=1S/C9H11BrF2NOS.CHF3O3S/c1-13(2)15(14,9(10,11)12)8-6-4-3-5-7-8;2-1(3,4)8(5,6)7/h3-7H,1-2H3;(H,5,6,7)/q+1;/p-1. The predicted molar refractivity (Wildman–Crippen MR) is 74.6 cm³/mol. The molecule has 134 valence electrons. The summed E-state index contributed by atoms with van der Waals surface area (Å²) in [6, 6.07) is 7.70.